The third-order valence-corrected chi connectivity index (χ3v) is 9.83. The van der Waals surface area contributed by atoms with Crippen molar-refractivity contribution in [3.05, 3.63) is 104 Å². The van der Waals surface area contributed by atoms with E-state index >= 15 is 8.78 Å². The fraction of sp³-hybridized carbons (Fsp3) is 0.389. The van der Waals surface area contributed by atoms with Crippen LogP contribution in [0.4, 0.5) is 22.4 Å². The average Bonchev–Trinajstić information content (AvgIpc) is 3.96. The molecule has 1 fully saturated rings. The third-order valence-electron chi connectivity index (χ3n) is 8.61. The average molecular weight is 805 g/mol. The second-order valence-corrected chi connectivity index (χ2v) is 13.7. The van der Waals surface area contributed by atoms with E-state index in [0.29, 0.717) is 31.2 Å². The molecule has 0 radical (unpaired) electrons. The van der Waals surface area contributed by atoms with Crippen LogP contribution in [0, 0.1) is 11.6 Å². The van der Waals surface area contributed by atoms with Crippen LogP contribution in [0.5, 0.6) is 5.75 Å². The van der Waals surface area contributed by atoms with Crippen molar-refractivity contribution in [1.82, 2.24) is 15.2 Å². The van der Waals surface area contributed by atoms with E-state index in [1.807, 2.05) is 0 Å². The lowest BCUT2D eigenvalue weighted by Crippen LogP contribution is -2.50. The first-order valence-corrected chi connectivity index (χ1v) is 17.8. The van der Waals surface area contributed by atoms with E-state index in [0.717, 1.165) is 22.6 Å². The number of hydrogen-bond donors (Lipinski definition) is 2. The highest BCUT2D eigenvalue weighted by atomic mass is 35.5. The molecule has 1 heterocycles. The van der Waals surface area contributed by atoms with E-state index in [-0.39, 0.29) is 66.4 Å². The number of benzene rings is 3. The van der Waals surface area contributed by atoms with Crippen LogP contribution in [0.25, 0.3) is 5.57 Å². The summed E-state index contributed by atoms with van der Waals surface area (Å²) < 4.78 is 71.0. The number of unbranched alkanes of at least 4 members (excludes halogenated alkanes) is 1. The Labute approximate surface area is 317 Å². The predicted molar refractivity (Wildman–Crippen MR) is 187 cm³/mol. The molecule has 5 rings (SSSR count). The van der Waals surface area contributed by atoms with Crippen molar-refractivity contribution in [2.45, 2.75) is 57.0 Å². The third kappa shape index (κ3) is 10.5. The molecule has 0 bridgehead atoms. The molecule has 0 atom stereocenters. The Morgan fingerprint density at radius 2 is 1.58 bits per heavy atom. The number of aryl methyl sites for hydroxylation is 1. The van der Waals surface area contributed by atoms with Gasteiger partial charge in [-0.1, -0.05) is 71.2 Å². The maximum atomic E-state index is 16.3. The molecule has 2 amide bonds. The van der Waals surface area contributed by atoms with Gasteiger partial charge in [0.05, 0.1) is 48.3 Å². The number of nitrogens with zero attached hydrogens (tertiary/aromatic N) is 3. The van der Waals surface area contributed by atoms with Crippen molar-refractivity contribution in [1.29, 1.82) is 0 Å². The van der Waals surface area contributed by atoms with Gasteiger partial charge in [-0.3, -0.25) is 24.9 Å². The predicted octanol–water partition coefficient (Wildman–Crippen LogP) is 8.76. The largest absolute Gasteiger partial charge is 0.489 e. The van der Waals surface area contributed by atoms with Gasteiger partial charge in [-0.15, -0.1) is 0 Å². The summed E-state index contributed by atoms with van der Waals surface area (Å²) in [5, 5.41) is 16.8. The van der Waals surface area contributed by atoms with Gasteiger partial charge in [0.15, 0.2) is 11.6 Å². The minimum absolute atomic E-state index is 0.000991. The molecular weight excluding hydrogens is 769 g/mol. The Morgan fingerprint density at radius 1 is 0.887 bits per heavy atom. The zero-order valence-electron chi connectivity index (χ0n) is 28.2. The number of alkyl halides is 2. The molecule has 0 unspecified atom stereocenters. The molecule has 17 heteroatoms. The minimum atomic E-state index is -3.67. The summed E-state index contributed by atoms with van der Waals surface area (Å²) in [6, 6.07) is 12.7. The van der Waals surface area contributed by atoms with Gasteiger partial charge < -0.3 is 14.4 Å². The van der Waals surface area contributed by atoms with Crippen molar-refractivity contribution < 1.29 is 51.9 Å². The van der Waals surface area contributed by atoms with E-state index < -0.39 is 64.4 Å². The van der Waals surface area contributed by atoms with E-state index in [4.69, 9.17) is 54.7 Å². The minimum Gasteiger partial charge on any atom is -0.489 e. The van der Waals surface area contributed by atoms with Gasteiger partial charge in [-0.2, -0.15) is 8.78 Å². The van der Waals surface area contributed by atoms with Gasteiger partial charge in [0.1, 0.15) is 10.8 Å². The molecule has 1 aliphatic heterocycles. The quantitative estimate of drug-likeness (QED) is 0.0640. The number of amides is 2. The van der Waals surface area contributed by atoms with E-state index in [1.165, 1.54) is 17.0 Å². The van der Waals surface area contributed by atoms with Crippen molar-refractivity contribution in [2.24, 2.45) is 0 Å². The summed E-state index contributed by atoms with van der Waals surface area (Å²) in [5.41, 5.74) is 0.546. The Balaban J connectivity index is 1.37. The lowest BCUT2D eigenvalue weighted by Gasteiger charge is -2.37. The molecule has 53 heavy (non-hydrogen) atoms. The Hall–Kier alpha value is -3.63. The first kappa shape index (κ1) is 40.6. The molecular formula is C36H36Cl3F4N3O7. The van der Waals surface area contributed by atoms with Crippen molar-refractivity contribution >= 4 is 52.4 Å². The standard InChI is InChI=1S/C36H36Cl3F4N3O7/c37-27-7-3-6-24(31(27)38)19-45(25-12-13-25)34(47)26-20-44(35(48)52-16-1-2-18-53-46(49)50)21-36(42,43)30(26)23-10-8-22(9-11-23)5-4-17-51-33-29(41)15-14-28(40)32(33)39/h3,6-11,14-15,25,49-50H,1-2,4-5,12-13,16-21H2. The first-order valence-electron chi connectivity index (χ1n) is 16.7. The highest BCUT2D eigenvalue weighted by molar-refractivity contribution is 6.42. The van der Waals surface area contributed by atoms with E-state index in [1.54, 1.807) is 30.3 Å². The molecule has 1 aliphatic carbocycles. The smallest absolute Gasteiger partial charge is 0.410 e. The van der Waals surface area contributed by atoms with Crippen LogP contribution < -0.4 is 4.74 Å². The first-order chi connectivity index (χ1) is 25.3. The Morgan fingerprint density at radius 3 is 2.28 bits per heavy atom. The summed E-state index contributed by atoms with van der Waals surface area (Å²) >= 11 is 18.5. The highest BCUT2D eigenvalue weighted by Crippen LogP contribution is 2.42. The zero-order valence-corrected chi connectivity index (χ0v) is 30.4. The van der Waals surface area contributed by atoms with Crippen LogP contribution in [0.3, 0.4) is 0 Å². The van der Waals surface area contributed by atoms with Crippen molar-refractivity contribution in [3.8, 4) is 5.75 Å². The van der Waals surface area contributed by atoms with Crippen LogP contribution in [-0.2, 0) is 27.3 Å². The fourth-order valence-electron chi connectivity index (χ4n) is 5.87. The van der Waals surface area contributed by atoms with Crippen LogP contribution in [-0.4, -0.2) is 82.5 Å². The topological polar surface area (TPSA) is 112 Å². The second kappa shape index (κ2) is 18.1. The molecule has 1 saturated carbocycles. The highest BCUT2D eigenvalue weighted by Gasteiger charge is 2.48. The molecule has 2 N–H and O–H groups in total. The van der Waals surface area contributed by atoms with Gasteiger partial charge in [0.2, 0.25) is 0 Å². The molecule has 10 nitrogen and oxygen atoms in total. The molecule has 0 spiro atoms. The summed E-state index contributed by atoms with van der Waals surface area (Å²) in [6.07, 6.45) is 1.52. The number of halogens is 7. The number of carbonyl (C=O) groups excluding carboxylic acids is 2. The maximum Gasteiger partial charge on any atom is 0.410 e. The molecule has 0 aromatic heterocycles. The Bertz CT molecular complexity index is 1810. The van der Waals surface area contributed by atoms with Crippen molar-refractivity contribution in [2.75, 3.05) is 32.9 Å². The summed E-state index contributed by atoms with van der Waals surface area (Å²) in [5.74, 6) is -6.38. The van der Waals surface area contributed by atoms with Gasteiger partial charge in [-0.25, -0.2) is 13.6 Å². The second-order valence-electron chi connectivity index (χ2n) is 12.5. The SMILES string of the molecule is O=C(OCCCCON(O)O)N1CC(C(=O)N(Cc2cccc(Cl)c2Cl)C2CC2)=C(c2ccc(CCCOc3c(F)ccc(F)c3Cl)cc2)C(F)(F)C1. The van der Waals surface area contributed by atoms with Crippen LogP contribution in [0.15, 0.2) is 60.2 Å². The molecule has 3 aromatic rings. The zero-order chi connectivity index (χ0) is 38.3. The molecule has 0 saturated heterocycles. The van der Waals surface area contributed by atoms with Crippen LogP contribution in [0.2, 0.25) is 15.1 Å². The van der Waals surface area contributed by atoms with Crippen LogP contribution >= 0.6 is 34.8 Å². The number of ether oxygens (including phenoxy) is 2. The van der Waals surface area contributed by atoms with E-state index in [9.17, 15) is 18.4 Å². The van der Waals surface area contributed by atoms with Gasteiger partial charge in [0.25, 0.3) is 11.8 Å². The number of hydrogen-bond acceptors (Lipinski definition) is 8. The normalized spacial score (nSPS) is 15.5. The molecule has 3 aromatic carbocycles. The summed E-state index contributed by atoms with van der Waals surface area (Å²) in [6.45, 7) is -1.77. The van der Waals surface area contributed by atoms with Crippen LogP contribution in [0.1, 0.15) is 48.8 Å². The van der Waals surface area contributed by atoms with Gasteiger partial charge >= 0.3 is 6.09 Å². The molecule has 286 valence electrons. The fourth-order valence-corrected chi connectivity index (χ4v) is 6.45. The lowest BCUT2D eigenvalue weighted by atomic mass is 9.89. The van der Waals surface area contributed by atoms with E-state index in [2.05, 4.69) is 4.84 Å². The summed E-state index contributed by atoms with van der Waals surface area (Å²) in [7, 11) is 0. The van der Waals surface area contributed by atoms with Crippen molar-refractivity contribution in [3.63, 3.8) is 0 Å². The van der Waals surface area contributed by atoms with Gasteiger partial charge in [0, 0.05) is 23.7 Å². The summed E-state index contributed by atoms with van der Waals surface area (Å²) in [4.78, 5) is 34.1. The van der Waals surface area contributed by atoms with Gasteiger partial charge in [-0.05, 0) is 73.4 Å². The Kier molecular flexibility index (Phi) is 13.9. The monoisotopic (exact) mass is 803 g/mol. The lowest BCUT2D eigenvalue weighted by molar-refractivity contribution is -0.492. The number of rotatable bonds is 16. The molecule has 2 aliphatic rings. The maximum absolute atomic E-state index is 16.3. The number of carbonyl (C=O) groups is 2.